The SMILES string of the molecule is CC(C)C[C@H](CC(=O)NO)C(=O)N[C@H](C(=O)N[C@@H](C)C(=O)NCC[NH3+])C(C)(C)C. The van der Waals surface area contributed by atoms with Crippen molar-refractivity contribution in [3.63, 3.8) is 0 Å². The van der Waals surface area contributed by atoms with Gasteiger partial charge in [0.2, 0.25) is 23.6 Å². The fourth-order valence-corrected chi connectivity index (χ4v) is 2.78. The fraction of sp³-hybridized carbons (Fsp3) is 0.789. The van der Waals surface area contributed by atoms with Gasteiger partial charge in [-0.15, -0.1) is 0 Å². The number of amides is 4. The van der Waals surface area contributed by atoms with E-state index in [0.717, 1.165) is 0 Å². The molecule has 0 saturated carbocycles. The molecule has 8 N–H and O–H groups in total. The van der Waals surface area contributed by atoms with Crippen LogP contribution in [-0.4, -0.2) is 54.0 Å². The highest BCUT2D eigenvalue weighted by Gasteiger charge is 2.36. The van der Waals surface area contributed by atoms with Crippen molar-refractivity contribution in [3.8, 4) is 0 Å². The van der Waals surface area contributed by atoms with E-state index in [4.69, 9.17) is 5.21 Å². The van der Waals surface area contributed by atoms with Crippen LogP contribution in [0, 0.1) is 17.3 Å². The van der Waals surface area contributed by atoms with E-state index < -0.39 is 41.1 Å². The van der Waals surface area contributed by atoms with Crippen LogP contribution >= 0.6 is 0 Å². The molecule has 3 atom stereocenters. The van der Waals surface area contributed by atoms with Gasteiger partial charge < -0.3 is 21.7 Å². The second-order valence-electron chi connectivity index (χ2n) is 8.75. The predicted octanol–water partition coefficient (Wildman–Crippen LogP) is -1.06. The molecule has 0 heterocycles. The number of hydrogen-bond acceptors (Lipinski definition) is 5. The molecule has 0 spiro atoms. The third-order valence-corrected chi connectivity index (χ3v) is 4.33. The average Bonchev–Trinajstić information content (AvgIpc) is 2.61. The molecule has 0 aromatic heterocycles. The molecule has 0 aromatic carbocycles. The van der Waals surface area contributed by atoms with Gasteiger partial charge in [-0.25, -0.2) is 5.48 Å². The molecule has 0 saturated heterocycles. The largest absolute Gasteiger partial charge is 0.356 e. The molecule has 29 heavy (non-hydrogen) atoms. The number of carbonyl (C=O) groups is 4. The zero-order valence-electron chi connectivity index (χ0n) is 18.4. The van der Waals surface area contributed by atoms with Gasteiger partial charge in [-0.2, -0.15) is 0 Å². The van der Waals surface area contributed by atoms with E-state index in [1.807, 2.05) is 13.8 Å². The van der Waals surface area contributed by atoms with Crippen LogP contribution in [0.1, 0.15) is 54.4 Å². The summed E-state index contributed by atoms with van der Waals surface area (Å²) in [5, 5.41) is 16.8. The van der Waals surface area contributed by atoms with E-state index >= 15 is 0 Å². The summed E-state index contributed by atoms with van der Waals surface area (Å²) in [6, 6.07) is -1.69. The lowest BCUT2D eigenvalue weighted by Crippen LogP contribution is -2.59. The van der Waals surface area contributed by atoms with Gasteiger partial charge in [0.05, 0.1) is 13.1 Å². The molecule has 0 unspecified atom stereocenters. The highest BCUT2D eigenvalue weighted by Crippen LogP contribution is 2.22. The number of rotatable bonds is 11. The maximum atomic E-state index is 12.8. The Morgan fingerprint density at radius 2 is 1.55 bits per heavy atom. The van der Waals surface area contributed by atoms with Crippen LogP contribution in [0.3, 0.4) is 0 Å². The molecule has 10 nitrogen and oxygen atoms in total. The van der Waals surface area contributed by atoms with Gasteiger partial charge in [0.15, 0.2) is 0 Å². The van der Waals surface area contributed by atoms with Crippen molar-refractivity contribution in [2.75, 3.05) is 13.1 Å². The number of nitrogens with one attached hydrogen (secondary N) is 4. The minimum Gasteiger partial charge on any atom is -0.356 e. The molecule has 0 rings (SSSR count). The molecule has 4 amide bonds. The quantitative estimate of drug-likeness (QED) is 0.186. The Kier molecular flexibility index (Phi) is 11.4. The lowest BCUT2D eigenvalue weighted by atomic mass is 9.84. The second kappa shape index (κ2) is 12.4. The summed E-state index contributed by atoms with van der Waals surface area (Å²) in [6.07, 6.45) is 0.227. The molecule has 0 aliphatic rings. The number of hydrogen-bond donors (Lipinski definition) is 6. The van der Waals surface area contributed by atoms with Gasteiger partial charge in [-0.3, -0.25) is 24.4 Å². The van der Waals surface area contributed by atoms with Crippen molar-refractivity contribution in [3.05, 3.63) is 0 Å². The van der Waals surface area contributed by atoms with Crippen molar-refractivity contribution in [2.24, 2.45) is 17.3 Å². The highest BCUT2D eigenvalue weighted by molar-refractivity contribution is 5.93. The standard InChI is InChI=1S/C19H37N5O5/c1-11(2)9-13(10-14(25)24-29)17(27)23-15(19(4,5)6)18(28)22-12(3)16(26)21-8-7-20/h11-13,15,29H,7-10,20H2,1-6H3,(H,21,26)(H,22,28)(H,23,27)(H,24,25)/p+1/t12-,13+,15+/m0/s1. The normalized spacial score (nSPS) is 14.5. The van der Waals surface area contributed by atoms with Crippen molar-refractivity contribution in [2.45, 2.75) is 66.5 Å². The lowest BCUT2D eigenvalue weighted by Gasteiger charge is -2.32. The molecule has 168 valence electrons. The Morgan fingerprint density at radius 3 is 2.00 bits per heavy atom. The van der Waals surface area contributed by atoms with Crippen molar-refractivity contribution in [1.82, 2.24) is 21.4 Å². The third-order valence-electron chi connectivity index (χ3n) is 4.33. The van der Waals surface area contributed by atoms with Crippen LogP contribution in [-0.2, 0) is 19.2 Å². The first-order chi connectivity index (χ1) is 13.3. The zero-order valence-corrected chi connectivity index (χ0v) is 18.4. The Labute approximate surface area is 172 Å². The van der Waals surface area contributed by atoms with Crippen LogP contribution < -0.4 is 27.2 Å². The summed E-state index contributed by atoms with van der Waals surface area (Å²) in [7, 11) is 0. The second-order valence-corrected chi connectivity index (χ2v) is 8.75. The van der Waals surface area contributed by atoms with Gasteiger partial charge in [0, 0.05) is 12.3 Å². The van der Waals surface area contributed by atoms with Gasteiger partial charge in [0.25, 0.3) is 0 Å². The molecule has 10 heteroatoms. The van der Waals surface area contributed by atoms with E-state index in [1.165, 1.54) is 5.48 Å². The van der Waals surface area contributed by atoms with Crippen LogP contribution in [0.2, 0.25) is 0 Å². The third kappa shape index (κ3) is 10.2. The minimum absolute atomic E-state index is 0.135. The summed E-state index contributed by atoms with van der Waals surface area (Å²) >= 11 is 0. The predicted molar refractivity (Wildman–Crippen MR) is 107 cm³/mol. The number of quaternary nitrogens is 1. The van der Waals surface area contributed by atoms with E-state index in [2.05, 4.69) is 21.7 Å². The van der Waals surface area contributed by atoms with E-state index in [9.17, 15) is 19.2 Å². The van der Waals surface area contributed by atoms with Gasteiger partial charge >= 0.3 is 0 Å². The maximum absolute atomic E-state index is 12.8. The molecular formula is C19H38N5O5+. The Balaban J connectivity index is 5.30. The topological polar surface area (TPSA) is 164 Å². The average molecular weight is 417 g/mol. The Bertz CT molecular complexity index is 574. The Morgan fingerprint density at radius 1 is 0.966 bits per heavy atom. The highest BCUT2D eigenvalue weighted by atomic mass is 16.5. The number of carbonyl (C=O) groups excluding carboxylic acids is 4. The van der Waals surface area contributed by atoms with Crippen LogP contribution in [0.15, 0.2) is 0 Å². The smallest absolute Gasteiger partial charge is 0.244 e. The summed E-state index contributed by atoms with van der Waals surface area (Å²) in [5.74, 6) is -2.50. The van der Waals surface area contributed by atoms with Gasteiger partial charge in [-0.05, 0) is 24.7 Å². The van der Waals surface area contributed by atoms with Gasteiger partial charge in [0.1, 0.15) is 12.1 Å². The molecule has 0 bridgehead atoms. The summed E-state index contributed by atoms with van der Waals surface area (Å²) < 4.78 is 0. The summed E-state index contributed by atoms with van der Waals surface area (Å²) in [6.45, 7) is 11.7. The molecule has 0 aromatic rings. The minimum atomic E-state index is -0.912. The van der Waals surface area contributed by atoms with E-state index in [-0.39, 0.29) is 18.2 Å². The first-order valence-electron chi connectivity index (χ1n) is 9.94. The first kappa shape index (κ1) is 26.8. The zero-order chi connectivity index (χ0) is 22.8. The molecule has 0 radical (unpaired) electrons. The van der Waals surface area contributed by atoms with Crippen LogP contribution in [0.25, 0.3) is 0 Å². The monoisotopic (exact) mass is 416 g/mol. The van der Waals surface area contributed by atoms with Crippen molar-refractivity contribution < 1.29 is 30.1 Å². The van der Waals surface area contributed by atoms with E-state index in [0.29, 0.717) is 19.5 Å². The fourth-order valence-electron chi connectivity index (χ4n) is 2.78. The Hall–Kier alpha value is -2.20. The molecule has 0 aliphatic heterocycles. The number of hydroxylamine groups is 1. The van der Waals surface area contributed by atoms with Crippen molar-refractivity contribution >= 4 is 23.6 Å². The van der Waals surface area contributed by atoms with Crippen LogP contribution in [0.4, 0.5) is 0 Å². The van der Waals surface area contributed by atoms with E-state index in [1.54, 1.807) is 27.7 Å². The molecule has 0 aliphatic carbocycles. The molecule has 0 fully saturated rings. The van der Waals surface area contributed by atoms with Crippen molar-refractivity contribution in [1.29, 1.82) is 0 Å². The van der Waals surface area contributed by atoms with Gasteiger partial charge in [-0.1, -0.05) is 34.6 Å². The lowest BCUT2D eigenvalue weighted by molar-refractivity contribution is -0.364. The van der Waals surface area contributed by atoms with Crippen LogP contribution in [0.5, 0.6) is 0 Å². The first-order valence-corrected chi connectivity index (χ1v) is 9.94. The maximum Gasteiger partial charge on any atom is 0.244 e. The molecular weight excluding hydrogens is 378 g/mol. The summed E-state index contributed by atoms with van der Waals surface area (Å²) in [4.78, 5) is 49.2. The summed E-state index contributed by atoms with van der Waals surface area (Å²) in [5.41, 5.74) is 4.54.